The van der Waals surface area contributed by atoms with Crippen molar-refractivity contribution in [2.24, 2.45) is 5.92 Å². The standard InChI is InChI=1S/C14H30N2/c1-5-7-10-16(12(3)6-2)14-9-8-13(14)11-15-4/h12-15H,5-11H2,1-4H3. The quantitative estimate of drug-likeness (QED) is 0.684. The smallest absolute Gasteiger partial charge is 0.0139 e. The molecule has 1 aliphatic rings. The van der Waals surface area contributed by atoms with Crippen LogP contribution in [0.3, 0.4) is 0 Å². The molecule has 0 saturated heterocycles. The predicted molar refractivity (Wildman–Crippen MR) is 71.8 cm³/mol. The summed E-state index contributed by atoms with van der Waals surface area (Å²) in [6.07, 6.45) is 6.79. The van der Waals surface area contributed by atoms with E-state index < -0.39 is 0 Å². The lowest BCUT2D eigenvalue weighted by atomic mass is 9.77. The van der Waals surface area contributed by atoms with Crippen LogP contribution in [0, 0.1) is 5.92 Å². The van der Waals surface area contributed by atoms with Gasteiger partial charge in [0.05, 0.1) is 0 Å². The van der Waals surface area contributed by atoms with Crippen molar-refractivity contribution in [2.45, 2.75) is 65.0 Å². The first-order chi connectivity index (χ1) is 7.74. The normalized spacial score (nSPS) is 26.8. The van der Waals surface area contributed by atoms with Gasteiger partial charge in [-0.05, 0) is 58.7 Å². The van der Waals surface area contributed by atoms with Gasteiger partial charge in [-0.1, -0.05) is 20.3 Å². The van der Waals surface area contributed by atoms with Gasteiger partial charge >= 0.3 is 0 Å². The molecule has 3 unspecified atom stereocenters. The average molecular weight is 226 g/mol. The predicted octanol–water partition coefficient (Wildman–Crippen LogP) is 2.89. The Hall–Kier alpha value is -0.0800. The molecule has 1 aliphatic carbocycles. The van der Waals surface area contributed by atoms with E-state index in [0.29, 0.717) is 0 Å². The maximum absolute atomic E-state index is 3.34. The maximum atomic E-state index is 3.34. The molecule has 0 amide bonds. The molecule has 0 bridgehead atoms. The minimum Gasteiger partial charge on any atom is -0.319 e. The summed E-state index contributed by atoms with van der Waals surface area (Å²) in [4.78, 5) is 2.77. The van der Waals surface area contributed by atoms with Crippen molar-refractivity contribution in [3.63, 3.8) is 0 Å². The zero-order chi connectivity index (χ0) is 12.0. The molecule has 0 aliphatic heterocycles. The summed E-state index contributed by atoms with van der Waals surface area (Å²) in [6, 6.07) is 1.62. The molecule has 0 aromatic rings. The zero-order valence-corrected chi connectivity index (χ0v) is 11.6. The lowest BCUT2D eigenvalue weighted by Gasteiger charge is -2.47. The summed E-state index contributed by atoms with van der Waals surface area (Å²) in [5.41, 5.74) is 0. The molecule has 0 aromatic heterocycles. The molecule has 96 valence electrons. The molecule has 1 saturated carbocycles. The summed E-state index contributed by atoms with van der Waals surface area (Å²) >= 11 is 0. The molecule has 0 heterocycles. The Labute approximate surface area is 102 Å². The van der Waals surface area contributed by atoms with Gasteiger partial charge in [0.1, 0.15) is 0 Å². The van der Waals surface area contributed by atoms with E-state index in [2.05, 4.69) is 38.0 Å². The molecule has 1 rings (SSSR count). The van der Waals surface area contributed by atoms with Gasteiger partial charge in [0.2, 0.25) is 0 Å². The fourth-order valence-corrected chi connectivity index (χ4v) is 2.78. The van der Waals surface area contributed by atoms with Crippen LogP contribution in [-0.4, -0.2) is 37.1 Å². The van der Waals surface area contributed by atoms with Crippen LogP contribution in [0.2, 0.25) is 0 Å². The number of nitrogens with one attached hydrogen (secondary N) is 1. The van der Waals surface area contributed by atoms with Gasteiger partial charge in [0, 0.05) is 12.1 Å². The lowest BCUT2D eigenvalue weighted by Crippen LogP contribution is -2.53. The van der Waals surface area contributed by atoms with Gasteiger partial charge < -0.3 is 5.32 Å². The molecule has 1 N–H and O–H groups in total. The molecule has 0 radical (unpaired) electrons. The van der Waals surface area contributed by atoms with E-state index in [9.17, 15) is 0 Å². The molecular formula is C14H30N2. The van der Waals surface area contributed by atoms with E-state index in [1.807, 2.05) is 0 Å². The number of unbranched alkanes of at least 4 members (excludes halogenated alkanes) is 1. The van der Waals surface area contributed by atoms with Crippen LogP contribution in [0.5, 0.6) is 0 Å². The fraction of sp³-hybridized carbons (Fsp3) is 1.00. The first-order valence-electron chi connectivity index (χ1n) is 7.14. The van der Waals surface area contributed by atoms with Crippen LogP contribution >= 0.6 is 0 Å². The Morgan fingerprint density at radius 2 is 2.06 bits per heavy atom. The van der Waals surface area contributed by atoms with Crippen LogP contribution < -0.4 is 5.32 Å². The van der Waals surface area contributed by atoms with Crippen LogP contribution in [0.4, 0.5) is 0 Å². The molecular weight excluding hydrogens is 196 g/mol. The summed E-state index contributed by atoms with van der Waals surface area (Å²) < 4.78 is 0. The van der Waals surface area contributed by atoms with E-state index >= 15 is 0 Å². The van der Waals surface area contributed by atoms with E-state index in [1.165, 1.54) is 45.2 Å². The van der Waals surface area contributed by atoms with Gasteiger partial charge in [0.15, 0.2) is 0 Å². The van der Waals surface area contributed by atoms with Crippen molar-refractivity contribution in [3.8, 4) is 0 Å². The Bertz CT molecular complexity index is 182. The van der Waals surface area contributed by atoms with Crippen molar-refractivity contribution in [3.05, 3.63) is 0 Å². The third-order valence-electron chi connectivity index (χ3n) is 4.20. The molecule has 0 spiro atoms. The molecule has 2 nitrogen and oxygen atoms in total. The largest absolute Gasteiger partial charge is 0.319 e. The van der Waals surface area contributed by atoms with Crippen LogP contribution in [-0.2, 0) is 0 Å². The number of rotatable bonds is 8. The van der Waals surface area contributed by atoms with Gasteiger partial charge in [0.25, 0.3) is 0 Å². The third-order valence-corrected chi connectivity index (χ3v) is 4.20. The average Bonchev–Trinajstić information content (AvgIpc) is 2.28. The van der Waals surface area contributed by atoms with E-state index in [1.54, 1.807) is 0 Å². The molecule has 2 heteroatoms. The van der Waals surface area contributed by atoms with Gasteiger partial charge in [-0.2, -0.15) is 0 Å². The highest BCUT2D eigenvalue weighted by molar-refractivity contribution is 4.91. The van der Waals surface area contributed by atoms with Crippen molar-refractivity contribution in [1.82, 2.24) is 10.2 Å². The van der Waals surface area contributed by atoms with Crippen LogP contribution in [0.15, 0.2) is 0 Å². The van der Waals surface area contributed by atoms with Crippen molar-refractivity contribution >= 4 is 0 Å². The molecule has 1 fully saturated rings. The summed E-state index contributed by atoms with van der Waals surface area (Å²) in [5, 5.41) is 3.34. The minimum absolute atomic E-state index is 0.760. The minimum atomic E-state index is 0.760. The monoisotopic (exact) mass is 226 g/mol. The van der Waals surface area contributed by atoms with Crippen molar-refractivity contribution in [1.29, 1.82) is 0 Å². The van der Waals surface area contributed by atoms with E-state index in [4.69, 9.17) is 0 Å². The number of nitrogens with zero attached hydrogens (tertiary/aromatic N) is 1. The fourth-order valence-electron chi connectivity index (χ4n) is 2.78. The van der Waals surface area contributed by atoms with Crippen molar-refractivity contribution in [2.75, 3.05) is 20.1 Å². The second kappa shape index (κ2) is 7.29. The summed E-state index contributed by atoms with van der Waals surface area (Å²) in [5.74, 6) is 0.899. The third kappa shape index (κ3) is 3.46. The topological polar surface area (TPSA) is 15.3 Å². The summed E-state index contributed by atoms with van der Waals surface area (Å²) in [7, 11) is 2.08. The van der Waals surface area contributed by atoms with Gasteiger partial charge in [-0.3, -0.25) is 4.90 Å². The SMILES string of the molecule is CCCCN(C(C)CC)C1CCC1CNC. The first-order valence-corrected chi connectivity index (χ1v) is 7.14. The molecule has 16 heavy (non-hydrogen) atoms. The van der Waals surface area contributed by atoms with Crippen molar-refractivity contribution < 1.29 is 0 Å². The summed E-state index contributed by atoms with van der Waals surface area (Å²) in [6.45, 7) is 9.50. The maximum Gasteiger partial charge on any atom is 0.0139 e. The number of hydrogen-bond acceptors (Lipinski definition) is 2. The Morgan fingerprint density at radius 1 is 1.31 bits per heavy atom. The van der Waals surface area contributed by atoms with Crippen LogP contribution in [0.1, 0.15) is 52.9 Å². The van der Waals surface area contributed by atoms with Gasteiger partial charge in [-0.25, -0.2) is 0 Å². The highest BCUT2D eigenvalue weighted by Crippen LogP contribution is 2.33. The lowest BCUT2D eigenvalue weighted by molar-refractivity contribution is 0.0309. The van der Waals surface area contributed by atoms with Crippen LogP contribution in [0.25, 0.3) is 0 Å². The van der Waals surface area contributed by atoms with E-state index in [-0.39, 0.29) is 0 Å². The first kappa shape index (κ1) is 14.0. The molecule has 3 atom stereocenters. The Kier molecular flexibility index (Phi) is 6.37. The van der Waals surface area contributed by atoms with Gasteiger partial charge in [-0.15, -0.1) is 0 Å². The zero-order valence-electron chi connectivity index (χ0n) is 11.6. The second-order valence-electron chi connectivity index (χ2n) is 5.31. The highest BCUT2D eigenvalue weighted by Gasteiger charge is 2.35. The highest BCUT2D eigenvalue weighted by atomic mass is 15.2. The Balaban J connectivity index is 2.47. The second-order valence-corrected chi connectivity index (χ2v) is 5.31. The number of hydrogen-bond donors (Lipinski definition) is 1. The molecule has 0 aromatic carbocycles. The Morgan fingerprint density at radius 3 is 2.50 bits per heavy atom. The van der Waals surface area contributed by atoms with E-state index in [0.717, 1.165) is 18.0 Å².